The molecule has 0 radical (unpaired) electrons. The average Bonchev–Trinajstić information content (AvgIpc) is 2.67. The molecule has 2 aromatic rings. The maximum absolute atomic E-state index is 5.76. The third-order valence-electron chi connectivity index (χ3n) is 3.06. The topological polar surface area (TPSA) is 64.9 Å². The summed E-state index contributed by atoms with van der Waals surface area (Å²) in [5.74, 6) is 1.24. The third-order valence-corrected chi connectivity index (χ3v) is 3.06. The highest BCUT2D eigenvalue weighted by atomic mass is 16.5. The Morgan fingerprint density at radius 3 is 2.60 bits per heavy atom. The van der Waals surface area contributed by atoms with Crippen molar-refractivity contribution in [2.75, 3.05) is 6.54 Å². The summed E-state index contributed by atoms with van der Waals surface area (Å²) >= 11 is 0. The van der Waals surface area contributed by atoms with Crippen LogP contribution in [0.4, 0.5) is 0 Å². The van der Waals surface area contributed by atoms with E-state index in [0.29, 0.717) is 5.88 Å². The Balaban J connectivity index is 2.03. The van der Waals surface area contributed by atoms with Crippen LogP contribution < -0.4 is 10.1 Å². The molecule has 0 fully saturated rings. The zero-order chi connectivity index (χ0) is 14.5. The summed E-state index contributed by atoms with van der Waals surface area (Å²) in [7, 11) is 1.89. The Hall–Kier alpha value is -1.95. The van der Waals surface area contributed by atoms with Crippen LogP contribution in [-0.4, -0.2) is 26.3 Å². The zero-order valence-electron chi connectivity index (χ0n) is 12.5. The molecule has 2 rings (SSSR count). The number of nitrogens with zero attached hydrogens (tertiary/aromatic N) is 4. The molecule has 0 spiro atoms. The molecule has 0 aliphatic carbocycles. The molecular weight excluding hydrogens is 254 g/mol. The van der Waals surface area contributed by atoms with E-state index >= 15 is 0 Å². The highest BCUT2D eigenvalue weighted by Gasteiger charge is 2.12. The van der Waals surface area contributed by atoms with Crippen molar-refractivity contribution in [3.8, 4) is 11.6 Å². The van der Waals surface area contributed by atoms with Crippen LogP contribution in [0.1, 0.15) is 30.4 Å². The van der Waals surface area contributed by atoms with Crippen LogP contribution >= 0.6 is 0 Å². The minimum atomic E-state index is 0.489. The maximum Gasteiger partial charge on any atom is 0.238 e. The van der Waals surface area contributed by atoms with Crippen LogP contribution in [0.15, 0.2) is 12.4 Å². The summed E-state index contributed by atoms with van der Waals surface area (Å²) in [6.07, 6.45) is 4.49. The van der Waals surface area contributed by atoms with Crippen LogP contribution in [0.3, 0.4) is 0 Å². The molecule has 0 aliphatic heterocycles. The smallest absolute Gasteiger partial charge is 0.238 e. The van der Waals surface area contributed by atoms with Crippen molar-refractivity contribution in [2.24, 2.45) is 7.05 Å². The van der Waals surface area contributed by atoms with Crippen molar-refractivity contribution in [2.45, 2.75) is 33.7 Å². The van der Waals surface area contributed by atoms with Crippen LogP contribution in [0, 0.1) is 13.8 Å². The molecule has 0 saturated carbocycles. The Bertz CT molecular complexity index is 562. The molecule has 2 aromatic heterocycles. The van der Waals surface area contributed by atoms with Gasteiger partial charge in [0.1, 0.15) is 5.69 Å². The van der Waals surface area contributed by atoms with Crippen LogP contribution in [0.5, 0.6) is 11.6 Å². The van der Waals surface area contributed by atoms with Gasteiger partial charge in [-0.05, 0) is 26.8 Å². The number of aromatic nitrogens is 4. The predicted octanol–water partition coefficient (Wildman–Crippen LogP) is 2.12. The highest BCUT2D eigenvalue weighted by Crippen LogP contribution is 2.26. The summed E-state index contributed by atoms with van der Waals surface area (Å²) in [5.41, 5.74) is 2.73. The van der Waals surface area contributed by atoms with Gasteiger partial charge in [-0.3, -0.25) is 9.67 Å². The molecule has 0 unspecified atom stereocenters. The summed E-state index contributed by atoms with van der Waals surface area (Å²) in [6, 6.07) is 0. The molecule has 0 bridgehead atoms. The van der Waals surface area contributed by atoms with Crippen LogP contribution in [-0.2, 0) is 13.6 Å². The summed E-state index contributed by atoms with van der Waals surface area (Å²) < 4.78 is 7.56. The quantitative estimate of drug-likeness (QED) is 0.818. The number of aryl methyl sites for hydroxylation is 2. The van der Waals surface area contributed by atoms with E-state index in [1.54, 1.807) is 17.1 Å². The SMILES string of the molecule is CCCNCc1cnc(Oc2c(C)nn(C)c2C)cn1. The van der Waals surface area contributed by atoms with Crippen molar-refractivity contribution >= 4 is 0 Å². The first kappa shape index (κ1) is 14.5. The summed E-state index contributed by atoms with van der Waals surface area (Å²) in [5, 5.41) is 7.59. The van der Waals surface area contributed by atoms with Gasteiger partial charge in [0, 0.05) is 13.6 Å². The molecule has 2 heterocycles. The first-order valence-electron chi connectivity index (χ1n) is 6.81. The van der Waals surface area contributed by atoms with Crippen LogP contribution in [0.25, 0.3) is 0 Å². The van der Waals surface area contributed by atoms with Gasteiger partial charge >= 0.3 is 0 Å². The van der Waals surface area contributed by atoms with Gasteiger partial charge in [0.15, 0.2) is 5.75 Å². The lowest BCUT2D eigenvalue weighted by molar-refractivity contribution is 0.451. The molecule has 6 nitrogen and oxygen atoms in total. The fraction of sp³-hybridized carbons (Fsp3) is 0.500. The Morgan fingerprint density at radius 2 is 2.05 bits per heavy atom. The lowest BCUT2D eigenvalue weighted by atomic mass is 10.3. The average molecular weight is 275 g/mol. The van der Waals surface area contributed by atoms with Crippen molar-refractivity contribution in [1.29, 1.82) is 0 Å². The van der Waals surface area contributed by atoms with Crippen molar-refractivity contribution in [1.82, 2.24) is 25.1 Å². The predicted molar refractivity (Wildman–Crippen MR) is 76.8 cm³/mol. The van der Waals surface area contributed by atoms with E-state index in [1.807, 2.05) is 20.9 Å². The number of rotatable bonds is 6. The zero-order valence-corrected chi connectivity index (χ0v) is 12.5. The molecule has 1 N–H and O–H groups in total. The van der Waals surface area contributed by atoms with Gasteiger partial charge in [-0.15, -0.1) is 0 Å². The molecule has 0 amide bonds. The van der Waals surface area contributed by atoms with E-state index < -0.39 is 0 Å². The Kier molecular flexibility index (Phi) is 4.68. The van der Waals surface area contributed by atoms with Crippen molar-refractivity contribution in [3.05, 3.63) is 29.5 Å². The fourth-order valence-corrected chi connectivity index (χ4v) is 1.89. The molecule has 0 aliphatic rings. The van der Waals surface area contributed by atoms with Crippen molar-refractivity contribution in [3.63, 3.8) is 0 Å². The molecule has 0 atom stereocenters. The second-order valence-electron chi connectivity index (χ2n) is 4.75. The lowest BCUT2D eigenvalue weighted by Gasteiger charge is -2.06. The molecule has 108 valence electrons. The molecule has 0 aromatic carbocycles. The minimum absolute atomic E-state index is 0.489. The largest absolute Gasteiger partial charge is 0.434 e. The summed E-state index contributed by atoms with van der Waals surface area (Å²) in [6.45, 7) is 7.72. The van der Waals surface area contributed by atoms with E-state index in [9.17, 15) is 0 Å². The second kappa shape index (κ2) is 6.47. The van der Waals surface area contributed by atoms with Gasteiger partial charge in [0.25, 0.3) is 0 Å². The number of hydrogen-bond donors (Lipinski definition) is 1. The van der Waals surface area contributed by atoms with E-state index in [4.69, 9.17) is 4.74 Å². The maximum atomic E-state index is 5.76. The van der Waals surface area contributed by atoms with E-state index in [0.717, 1.165) is 42.3 Å². The molecule has 6 heteroatoms. The van der Waals surface area contributed by atoms with E-state index in [1.165, 1.54) is 0 Å². The first-order valence-corrected chi connectivity index (χ1v) is 6.81. The van der Waals surface area contributed by atoms with Gasteiger partial charge in [-0.1, -0.05) is 6.92 Å². The standard InChI is InChI=1S/C14H21N5O/c1-5-6-15-7-12-8-17-13(9-16-12)20-14-10(2)18-19(4)11(14)3/h8-9,15H,5-7H2,1-4H3. The second-order valence-corrected chi connectivity index (χ2v) is 4.75. The van der Waals surface area contributed by atoms with Crippen LogP contribution in [0.2, 0.25) is 0 Å². The van der Waals surface area contributed by atoms with Gasteiger partial charge in [0.2, 0.25) is 5.88 Å². The molecular formula is C14H21N5O. The van der Waals surface area contributed by atoms with Gasteiger partial charge < -0.3 is 10.1 Å². The minimum Gasteiger partial charge on any atom is -0.434 e. The van der Waals surface area contributed by atoms with E-state index in [-0.39, 0.29) is 0 Å². The van der Waals surface area contributed by atoms with Gasteiger partial charge in [0.05, 0.1) is 23.8 Å². The number of nitrogens with one attached hydrogen (secondary N) is 1. The molecule has 0 saturated heterocycles. The fourth-order valence-electron chi connectivity index (χ4n) is 1.89. The summed E-state index contributed by atoms with van der Waals surface area (Å²) in [4.78, 5) is 8.62. The number of ether oxygens (including phenoxy) is 1. The Labute approximate surface area is 119 Å². The van der Waals surface area contributed by atoms with Gasteiger partial charge in [-0.25, -0.2) is 4.98 Å². The normalized spacial score (nSPS) is 10.8. The van der Waals surface area contributed by atoms with Crippen molar-refractivity contribution < 1.29 is 4.74 Å². The van der Waals surface area contributed by atoms with E-state index in [2.05, 4.69) is 27.3 Å². The first-order chi connectivity index (χ1) is 9.61. The lowest BCUT2D eigenvalue weighted by Crippen LogP contribution is -2.14. The Morgan fingerprint density at radius 1 is 1.25 bits per heavy atom. The molecule has 20 heavy (non-hydrogen) atoms. The van der Waals surface area contributed by atoms with Gasteiger partial charge in [-0.2, -0.15) is 5.10 Å². The monoisotopic (exact) mass is 275 g/mol. The third kappa shape index (κ3) is 3.33. The number of hydrogen-bond acceptors (Lipinski definition) is 5. The highest BCUT2D eigenvalue weighted by molar-refractivity contribution is 5.34.